The third-order valence-electron chi connectivity index (χ3n) is 3.07. The maximum absolute atomic E-state index is 10.1. The molecular formula is C10H16O. The van der Waals surface area contributed by atoms with Crippen LogP contribution in [0.4, 0.5) is 0 Å². The summed E-state index contributed by atoms with van der Waals surface area (Å²) in [4.78, 5) is 0. The van der Waals surface area contributed by atoms with E-state index in [1.165, 1.54) is 31.3 Å². The Kier molecular flexibility index (Phi) is 1.76. The van der Waals surface area contributed by atoms with Gasteiger partial charge in [0.05, 0.1) is 5.60 Å². The highest BCUT2D eigenvalue weighted by molar-refractivity contribution is 5.21. The van der Waals surface area contributed by atoms with Crippen molar-refractivity contribution in [3.8, 4) is 0 Å². The standard InChI is InChI=1S/C10H16O/c11-10-7-3-1-5-9(10)6-2-4-8-10/h5,11H,1-4,6-8H2. The number of hydrogen-bond donors (Lipinski definition) is 1. The summed E-state index contributed by atoms with van der Waals surface area (Å²) in [6.45, 7) is 0. The molecule has 1 atom stereocenters. The molecular weight excluding hydrogens is 136 g/mol. The van der Waals surface area contributed by atoms with E-state index in [0.29, 0.717) is 0 Å². The molecule has 1 unspecified atom stereocenters. The summed E-state index contributed by atoms with van der Waals surface area (Å²) in [5.74, 6) is 0. The Hall–Kier alpha value is -0.300. The second kappa shape index (κ2) is 2.63. The minimum atomic E-state index is -0.365. The second-order valence-corrected chi connectivity index (χ2v) is 3.86. The first kappa shape index (κ1) is 7.35. The smallest absolute Gasteiger partial charge is 0.0856 e. The minimum absolute atomic E-state index is 0.365. The summed E-state index contributed by atoms with van der Waals surface area (Å²) in [7, 11) is 0. The van der Waals surface area contributed by atoms with Gasteiger partial charge in [-0.25, -0.2) is 0 Å². The SMILES string of the molecule is OC12CCCC=C1CCCC2. The Balaban J connectivity index is 2.22. The quantitative estimate of drug-likeness (QED) is 0.528. The van der Waals surface area contributed by atoms with Crippen LogP contribution in [0.1, 0.15) is 44.9 Å². The highest BCUT2D eigenvalue weighted by atomic mass is 16.3. The maximum atomic E-state index is 10.1. The zero-order chi connectivity index (χ0) is 7.73. The van der Waals surface area contributed by atoms with Gasteiger partial charge in [0.2, 0.25) is 0 Å². The van der Waals surface area contributed by atoms with E-state index in [4.69, 9.17) is 0 Å². The van der Waals surface area contributed by atoms with Crippen LogP contribution < -0.4 is 0 Å². The fourth-order valence-corrected chi connectivity index (χ4v) is 2.37. The molecule has 0 aromatic heterocycles. The Labute approximate surface area is 68.1 Å². The molecule has 2 aliphatic carbocycles. The molecule has 0 heterocycles. The lowest BCUT2D eigenvalue weighted by Crippen LogP contribution is -2.35. The van der Waals surface area contributed by atoms with Gasteiger partial charge in [-0.1, -0.05) is 6.08 Å². The molecule has 0 aromatic carbocycles. The van der Waals surface area contributed by atoms with Gasteiger partial charge in [0.1, 0.15) is 0 Å². The van der Waals surface area contributed by atoms with Gasteiger partial charge in [0.25, 0.3) is 0 Å². The number of rotatable bonds is 0. The zero-order valence-electron chi connectivity index (χ0n) is 6.97. The molecule has 0 radical (unpaired) electrons. The number of fused-ring (bicyclic) bond motifs is 1. The Bertz CT molecular complexity index is 183. The average Bonchev–Trinajstić information content (AvgIpc) is 2.03. The highest BCUT2D eigenvalue weighted by Gasteiger charge is 2.34. The van der Waals surface area contributed by atoms with Crippen LogP contribution in [0.2, 0.25) is 0 Å². The van der Waals surface area contributed by atoms with E-state index in [0.717, 1.165) is 19.3 Å². The molecule has 0 aromatic rings. The van der Waals surface area contributed by atoms with Crippen molar-refractivity contribution in [3.63, 3.8) is 0 Å². The summed E-state index contributed by atoms with van der Waals surface area (Å²) < 4.78 is 0. The molecule has 1 fully saturated rings. The maximum Gasteiger partial charge on any atom is 0.0856 e. The van der Waals surface area contributed by atoms with Crippen LogP contribution >= 0.6 is 0 Å². The number of aliphatic hydroxyl groups is 1. The van der Waals surface area contributed by atoms with Crippen molar-refractivity contribution < 1.29 is 5.11 Å². The van der Waals surface area contributed by atoms with Crippen LogP contribution in [-0.4, -0.2) is 10.7 Å². The van der Waals surface area contributed by atoms with E-state index in [-0.39, 0.29) is 5.60 Å². The monoisotopic (exact) mass is 152 g/mol. The molecule has 1 N–H and O–H groups in total. The van der Waals surface area contributed by atoms with Crippen LogP contribution in [0, 0.1) is 0 Å². The zero-order valence-corrected chi connectivity index (χ0v) is 6.97. The summed E-state index contributed by atoms with van der Waals surface area (Å²) >= 11 is 0. The van der Waals surface area contributed by atoms with Gasteiger partial charge in [-0.2, -0.15) is 0 Å². The molecule has 2 aliphatic rings. The predicted octanol–water partition coefficient (Wildman–Crippen LogP) is 2.40. The largest absolute Gasteiger partial charge is 0.386 e. The van der Waals surface area contributed by atoms with Crippen LogP contribution in [0.5, 0.6) is 0 Å². The molecule has 0 amide bonds. The molecule has 0 spiro atoms. The van der Waals surface area contributed by atoms with E-state index in [1.807, 2.05) is 0 Å². The van der Waals surface area contributed by atoms with Gasteiger partial charge in [-0.3, -0.25) is 0 Å². The molecule has 0 saturated heterocycles. The van der Waals surface area contributed by atoms with Crippen molar-refractivity contribution in [2.75, 3.05) is 0 Å². The first-order valence-electron chi connectivity index (χ1n) is 4.73. The van der Waals surface area contributed by atoms with E-state index < -0.39 is 0 Å². The van der Waals surface area contributed by atoms with Gasteiger partial charge in [0, 0.05) is 0 Å². The van der Waals surface area contributed by atoms with Crippen molar-refractivity contribution in [2.45, 2.75) is 50.5 Å². The topological polar surface area (TPSA) is 20.2 Å². The Morgan fingerprint density at radius 2 is 2.00 bits per heavy atom. The van der Waals surface area contributed by atoms with Crippen molar-refractivity contribution in [2.24, 2.45) is 0 Å². The van der Waals surface area contributed by atoms with E-state index in [2.05, 4.69) is 6.08 Å². The third-order valence-corrected chi connectivity index (χ3v) is 3.07. The van der Waals surface area contributed by atoms with Gasteiger partial charge in [0.15, 0.2) is 0 Å². The first-order valence-corrected chi connectivity index (χ1v) is 4.73. The number of allylic oxidation sites excluding steroid dienone is 1. The lowest BCUT2D eigenvalue weighted by molar-refractivity contribution is 0.0361. The van der Waals surface area contributed by atoms with Crippen LogP contribution in [0.3, 0.4) is 0 Å². The lowest BCUT2D eigenvalue weighted by Gasteiger charge is -2.37. The van der Waals surface area contributed by atoms with Crippen molar-refractivity contribution in [1.29, 1.82) is 0 Å². The average molecular weight is 152 g/mol. The van der Waals surface area contributed by atoms with Gasteiger partial charge >= 0.3 is 0 Å². The summed E-state index contributed by atoms with van der Waals surface area (Å²) in [6, 6.07) is 0. The third kappa shape index (κ3) is 1.22. The molecule has 11 heavy (non-hydrogen) atoms. The molecule has 62 valence electrons. The van der Waals surface area contributed by atoms with Gasteiger partial charge in [-0.15, -0.1) is 0 Å². The normalized spacial score (nSPS) is 37.7. The van der Waals surface area contributed by atoms with E-state index in [9.17, 15) is 5.11 Å². The van der Waals surface area contributed by atoms with Crippen LogP contribution in [0.15, 0.2) is 11.6 Å². The highest BCUT2D eigenvalue weighted by Crippen LogP contribution is 2.39. The molecule has 1 heteroatoms. The summed E-state index contributed by atoms with van der Waals surface area (Å²) in [5, 5.41) is 10.1. The summed E-state index contributed by atoms with van der Waals surface area (Å²) in [6.07, 6.45) is 10.3. The van der Waals surface area contributed by atoms with E-state index >= 15 is 0 Å². The Morgan fingerprint density at radius 1 is 1.18 bits per heavy atom. The van der Waals surface area contributed by atoms with Gasteiger partial charge in [-0.05, 0) is 50.5 Å². The Morgan fingerprint density at radius 3 is 2.82 bits per heavy atom. The number of hydrogen-bond acceptors (Lipinski definition) is 1. The second-order valence-electron chi connectivity index (χ2n) is 3.86. The van der Waals surface area contributed by atoms with Crippen molar-refractivity contribution in [1.82, 2.24) is 0 Å². The minimum Gasteiger partial charge on any atom is -0.386 e. The first-order chi connectivity index (χ1) is 5.31. The molecule has 2 rings (SSSR count). The van der Waals surface area contributed by atoms with Crippen molar-refractivity contribution >= 4 is 0 Å². The fourth-order valence-electron chi connectivity index (χ4n) is 2.37. The van der Waals surface area contributed by atoms with Gasteiger partial charge < -0.3 is 5.11 Å². The molecule has 0 bridgehead atoms. The van der Waals surface area contributed by atoms with Crippen LogP contribution in [-0.2, 0) is 0 Å². The van der Waals surface area contributed by atoms with E-state index in [1.54, 1.807) is 0 Å². The molecule has 1 nitrogen and oxygen atoms in total. The molecule has 1 saturated carbocycles. The fraction of sp³-hybridized carbons (Fsp3) is 0.800. The molecule has 0 aliphatic heterocycles. The predicted molar refractivity (Wildman–Crippen MR) is 45.4 cm³/mol. The summed E-state index contributed by atoms with van der Waals surface area (Å²) in [5.41, 5.74) is 0.978. The van der Waals surface area contributed by atoms with Crippen LogP contribution in [0.25, 0.3) is 0 Å². The lowest BCUT2D eigenvalue weighted by atomic mass is 9.74. The van der Waals surface area contributed by atoms with Crippen molar-refractivity contribution in [3.05, 3.63) is 11.6 Å².